The molecule has 2 rings (SSSR count). The SMILES string of the molecule is Cc1csc(/C(C#N)=C/Nc2cccc(Cl)c2)n1. The largest absolute Gasteiger partial charge is 0.360 e. The minimum absolute atomic E-state index is 0.507. The summed E-state index contributed by atoms with van der Waals surface area (Å²) in [5, 5.41) is 15.4. The van der Waals surface area contributed by atoms with Crippen LogP contribution in [-0.4, -0.2) is 4.98 Å². The lowest BCUT2D eigenvalue weighted by molar-refractivity contribution is 1.24. The fourth-order valence-electron chi connectivity index (χ4n) is 1.35. The van der Waals surface area contributed by atoms with Gasteiger partial charge in [0.25, 0.3) is 0 Å². The van der Waals surface area contributed by atoms with Gasteiger partial charge in [-0.3, -0.25) is 0 Å². The number of allylic oxidation sites excluding steroid dienone is 1. The minimum Gasteiger partial charge on any atom is -0.360 e. The zero-order valence-electron chi connectivity index (χ0n) is 9.64. The molecule has 0 radical (unpaired) electrons. The molecule has 0 fully saturated rings. The number of nitriles is 1. The molecule has 1 heterocycles. The maximum Gasteiger partial charge on any atom is 0.135 e. The Morgan fingerprint density at radius 3 is 3.00 bits per heavy atom. The number of halogens is 1. The first kappa shape index (κ1) is 12.6. The van der Waals surface area contributed by atoms with Crippen molar-refractivity contribution in [3.8, 4) is 6.07 Å². The van der Waals surface area contributed by atoms with Crippen LogP contribution < -0.4 is 5.32 Å². The molecule has 0 spiro atoms. The van der Waals surface area contributed by atoms with Gasteiger partial charge in [0.05, 0.1) is 0 Å². The van der Waals surface area contributed by atoms with Crippen molar-refractivity contribution in [1.29, 1.82) is 5.26 Å². The lowest BCUT2D eigenvalue weighted by Gasteiger charge is -2.01. The Morgan fingerprint density at radius 1 is 1.56 bits per heavy atom. The number of hydrogen-bond donors (Lipinski definition) is 1. The number of hydrogen-bond acceptors (Lipinski definition) is 4. The molecule has 0 bridgehead atoms. The van der Waals surface area contributed by atoms with Gasteiger partial charge in [0, 0.05) is 28.0 Å². The Labute approximate surface area is 114 Å². The zero-order valence-corrected chi connectivity index (χ0v) is 11.2. The molecule has 90 valence electrons. The Hall–Kier alpha value is -1.83. The van der Waals surface area contributed by atoms with E-state index in [0.29, 0.717) is 15.6 Å². The third-order valence-corrected chi connectivity index (χ3v) is 3.41. The molecule has 1 N–H and O–H groups in total. The first-order valence-corrected chi connectivity index (χ1v) is 6.49. The number of nitrogens with zero attached hydrogens (tertiary/aromatic N) is 2. The van der Waals surface area contributed by atoms with Crippen molar-refractivity contribution in [3.05, 3.63) is 51.6 Å². The van der Waals surface area contributed by atoms with Gasteiger partial charge in [-0.05, 0) is 25.1 Å². The van der Waals surface area contributed by atoms with Crippen LogP contribution in [0.4, 0.5) is 5.69 Å². The molecule has 0 aliphatic rings. The van der Waals surface area contributed by atoms with Crippen molar-refractivity contribution < 1.29 is 0 Å². The highest BCUT2D eigenvalue weighted by Crippen LogP contribution is 2.20. The molecule has 0 unspecified atom stereocenters. The third-order valence-electron chi connectivity index (χ3n) is 2.18. The molecule has 0 atom stereocenters. The second-order valence-electron chi connectivity index (χ2n) is 3.62. The molecule has 0 saturated heterocycles. The van der Waals surface area contributed by atoms with Crippen molar-refractivity contribution >= 4 is 34.2 Å². The molecule has 0 amide bonds. The number of benzene rings is 1. The van der Waals surface area contributed by atoms with E-state index in [2.05, 4.69) is 16.4 Å². The van der Waals surface area contributed by atoms with Crippen LogP contribution in [-0.2, 0) is 0 Å². The second kappa shape index (κ2) is 5.67. The van der Waals surface area contributed by atoms with Crippen molar-refractivity contribution in [2.45, 2.75) is 6.92 Å². The number of aromatic nitrogens is 1. The molecule has 1 aromatic carbocycles. The van der Waals surface area contributed by atoms with Crippen molar-refractivity contribution in [1.82, 2.24) is 4.98 Å². The van der Waals surface area contributed by atoms with Crippen LogP contribution in [0.2, 0.25) is 5.02 Å². The van der Waals surface area contributed by atoms with Crippen LogP contribution in [0, 0.1) is 18.3 Å². The monoisotopic (exact) mass is 275 g/mol. The fourth-order valence-corrected chi connectivity index (χ4v) is 2.31. The summed E-state index contributed by atoms with van der Waals surface area (Å²) >= 11 is 7.33. The van der Waals surface area contributed by atoms with E-state index in [9.17, 15) is 0 Å². The Morgan fingerprint density at radius 2 is 2.39 bits per heavy atom. The first-order chi connectivity index (χ1) is 8.69. The van der Waals surface area contributed by atoms with E-state index in [0.717, 1.165) is 11.4 Å². The summed E-state index contributed by atoms with van der Waals surface area (Å²) in [6.07, 6.45) is 1.64. The van der Waals surface area contributed by atoms with Gasteiger partial charge in [-0.25, -0.2) is 4.98 Å². The number of thiazole rings is 1. The zero-order chi connectivity index (χ0) is 13.0. The summed E-state index contributed by atoms with van der Waals surface area (Å²) in [7, 11) is 0. The molecule has 2 aromatic rings. The van der Waals surface area contributed by atoms with Crippen LogP contribution in [0.5, 0.6) is 0 Å². The van der Waals surface area contributed by atoms with Gasteiger partial charge >= 0.3 is 0 Å². The van der Waals surface area contributed by atoms with Gasteiger partial charge in [-0.1, -0.05) is 17.7 Å². The van der Waals surface area contributed by atoms with E-state index in [1.54, 1.807) is 18.3 Å². The normalized spacial score (nSPS) is 11.1. The maximum absolute atomic E-state index is 9.10. The molecule has 0 aliphatic carbocycles. The average Bonchev–Trinajstić information content (AvgIpc) is 2.77. The van der Waals surface area contributed by atoms with Crippen LogP contribution in [0.25, 0.3) is 5.57 Å². The maximum atomic E-state index is 9.10. The molecular weight excluding hydrogens is 266 g/mol. The molecule has 0 aliphatic heterocycles. The van der Waals surface area contributed by atoms with E-state index in [4.69, 9.17) is 16.9 Å². The number of anilines is 1. The predicted octanol–water partition coefficient (Wildman–Crippen LogP) is 4.08. The van der Waals surface area contributed by atoms with E-state index in [-0.39, 0.29) is 0 Å². The summed E-state index contributed by atoms with van der Waals surface area (Å²) in [4.78, 5) is 4.27. The molecular formula is C13H10ClN3S. The third kappa shape index (κ3) is 3.10. The van der Waals surface area contributed by atoms with Crippen LogP contribution in [0.1, 0.15) is 10.7 Å². The van der Waals surface area contributed by atoms with Gasteiger partial charge in [-0.15, -0.1) is 11.3 Å². The summed E-state index contributed by atoms with van der Waals surface area (Å²) in [5.41, 5.74) is 2.26. The Bertz CT molecular complexity index is 625. The Kier molecular flexibility index (Phi) is 3.98. The summed E-state index contributed by atoms with van der Waals surface area (Å²) in [6.45, 7) is 1.90. The first-order valence-electron chi connectivity index (χ1n) is 5.24. The number of rotatable bonds is 3. The predicted molar refractivity (Wildman–Crippen MR) is 75.5 cm³/mol. The fraction of sp³-hybridized carbons (Fsp3) is 0.0769. The average molecular weight is 276 g/mol. The van der Waals surface area contributed by atoms with Crippen LogP contribution in [0.15, 0.2) is 35.8 Å². The highest BCUT2D eigenvalue weighted by molar-refractivity contribution is 7.10. The van der Waals surface area contributed by atoms with Gasteiger partial charge in [0.15, 0.2) is 0 Å². The lowest BCUT2D eigenvalue weighted by Crippen LogP contribution is -1.90. The van der Waals surface area contributed by atoms with Crippen molar-refractivity contribution in [2.75, 3.05) is 5.32 Å². The topological polar surface area (TPSA) is 48.7 Å². The molecule has 0 saturated carbocycles. The number of nitrogens with one attached hydrogen (secondary N) is 1. The molecule has 5 heteroatoms. The smallest absolute Gasteiger partial charge is 0.135 e. The summed E-state index contributed by atoms with van der Waals surface area (Å²) in [6, 6.07) is 9.44. The van der Waals surface area contributed by atoms with Crippen molar-refractivity contribution in [3.63, 3.8) is 0 Å². The van der Waals surface area contributed by atoms with Gasteiger partial charge in [0.2, 0.25) is 0 Å². The second-order valence-corrected chi connectivity index (χ2v) is 4.91. The van der Waals surface area contributed by atoms with Crippen LogP contribution >= 0.6 is 22.9 Å². The lowest BCUT2D eigenvalue weighted by atomic mass is 10.3. The number of aryl methyl sites for hydroxylation is 1. The molecule has 18 heavy (non-hydrogen) atoms. The molecule has 3 nitrogen and oxygen atoms in total. The van der Waals surface area contributed by atoms with E-state index < -0.39 is 0 Å². The summed E-state index contributed by atoms with van der Waals surface area (Å²) in [5.74, 6) is 0. The van der Waals surface area contributed by atoms with Crippen LogP contribution in [0.3, 0.4) is 0 Å². The standard InChI is InChI=1S/C13H10ClN3S/c1-9-8-18-13(17-9)10(6-15)7-16-12-4-2-3-11(14)5-12/h2-5,7-8,16H,1H3/b10-7+. The van der Waals surface area contributed by atoms with E-state index in [1.165, 1.54) is 11.3 Å². The highest BCUT2D eigenvalue weighted by Gasteiger charge is 2.04. The highest BCUT2D eigenvalue weighted by atomic mass is 35.5. The van der Waals surface area contributed by atoms with E-state index in [1.807, 2.05) is 24.4 Å². The van der Waals surface area contributed by atoms with Gasteiger partial charge in [0.1, 0.15) is 16.6 Å². The Balaban J connectivity index is 2.19. The molecule has 1 aromatic heterocycles. The van der Waals surface area contributed by atoms with Gasteiger partial charge < -0.3 is 5.32 Å². The minimum atomic E-state index is 0.507. The quantitative estimate of drug-likeness (QED) is 0.859. The van der Waals surface area contributed by atoms with Gasteiger partial charge in [-0.2, -0.15) is 5.26 Å². The van der Waals surface area contributed by atoms with Crippen molar-refractivity contribution in [2.24, 2.45) is 0 Å². The van der Waals surface area contributed by atoms with E-state index >= 15 is 0 Å². The summed E-state index contributed by atoms with van der Waals surface area (Å²) < 4.78 is 0.